The van der Waals surface area contributed by atoms with Crippen molar-refractivity contribution in [3.63, 3.8) is 0 Å². The molecule has 6 heteroatoms. The molecule has 2 N–H and O–H groups in total. The van der Waals surface area contributed by atoms with E-state index in [-0.39, 0.29) is 11.5 Å². The fourth-order valence-electron chi connectivity index (χ4n) is 3.99. The van der Waals surface area contributed by atoms with Crippen LogP contribution in [0.3, 0.4) is 0 Å². The van der Waals surface area contributed by atoms with Crippen molar-refractivity contribution in [1.82, 2.24) is 10.2 Å². The van der Waals surface area contributed by atoms with Crippen molar-refractivity contribution in [2.75, 3.05) is 19.7 Å². The number of nitrogens with zero attached hydrogens (tertiary/aromatic N) is 1. The van der Waals surface area contributed by atoms with Gasteiger partial charge in [-0.25, -0.2) is 4.79 Å². The number of benzene rings is 1. The fraction of sp³-hybridized carbons (Fsp3) is 0.619. The van der Waals surface area contributed by atoms with Crippen molar-refractivity contribution in [1.29, 1.82) is 0 Å². The first-order valence-corrected chi connectivity index (χ1v) is 10.1. The Hall–Kier alpha value is -2.08. The quantitative estimate of drug-likeness (QED) is 0.831. The first kappa shape index (κ1) is 19.7. The van der Waals surface area contributed by atoms with Crippen LogP contribution >= 0.6 is 0 Å². The summed E-state index contributed by atoms with van der Waals surface area (Å²) >= 11 is 0. The van der Waals surface area contributed by atoms with Gasteiger partial charge in [0.1, 0.15) is 5.75 Å². The van der Waals surface area contributed by atoms with Crippen LogP contribution in [0.15, 0.2) is 18.2 Å². The first-order valence-electron chi connectivity index (χ1n) is 10.1. The van der Waals surface area contributed by atoms with E-state index in [9.17, 15) is 14.7 Å². The number of aromatic carboxylic acids is 1. The summed E-state index contributed by atoms with van der Waals surface area (Å²) in [7, 11) is 0. The van der Waals surface area contributed by atoms with E-state index in [2.05, 4.69) is 10.2 Å². The van der Waals surface area contributed by atoms with Crippen LogP contribution < -0.4 is 10.1 Å². The van der Waals surface area contributed by atoms with E-state index in [0.29, 0.717) is 38.0 Å². The number of carbonyl (C=O) groups is 2. The van der Waals surface area contributed by atoms with Crippen molar-refractivity contribution >= 4 is 11.9 Å². The normalized spacial score (nSPS) is 21.0. The predicted octanol–water partition coefficient (Wildman–Crippen LogP) is 3.20. The number of amides is 1. The van der Waals surface area contributed by atoms with Crippen molar-refractivity contribution < 1.29 is 19.4 Å². The zero-order chi connectivity index (χ0) is 19.1. The molecular weight excluding hydrogens is 344 g/mol. The molecule has 0 radical (unpaired) electrons. The number of carbonyl (C=O) groups excluding carboxylic acids is 1. The zero-order valence-corrected chi connectivity index (χ0v) is 15.9. The van der Waals surface area contributed by atoms with Gasteiger partial charge in [0.15, 0.2) is 0 Å². The highest BCUT2D eigenvalue weighted by atomic mass is 16.5. The molecule has 2 aliphatic rings. The van der Waals surface area contributed by atoms with Crippen molar-refractivity contribution in [2.24, 2.45) is 0 Å². The number of hydrogen-bond acceptors (Lipinski definition) is 4. The molecule has 27 heavy (non-hydrogen) atoms. The van der Waals surface area contributed by atoms with Gasteiger partial charge >= 0.3 is 5.97 Å². The number of ether oxygens (including phenoxy) is 1. The number of fused-ring (bicyclic) bond motifs is 1. The number of hydrogen-bond donors (Lipinski definition) is 2. The number of rotatable bonds is 2. The maximum atomic E-state index is 12.4. The van der Waals surface area contributed by atoms with Gasteiger partial charge in [-0.2, -0.15) is 0 Å². The lowest BCUT2D eigenvalue weighted by molar-refractivity contribution is -0.123. The molecule has 1 amide bonds. The largest absolute Gasteiger partial charge is 0.493 e. The third-order valence-corrected chi connectivity index (χ3v) is 5.53. The molecule has 1 aliphatic heterocycles. The summed E-state index contributed by atoms with van der Waals surface area (Å²) in [5, 5.41) is 12.3. The van der Waals surface area contributed by atoms with Crippen LogP contribution in [-0.2, 0) is 11.3 Å². The summed E-state index contributed by atoms with van der Waals surface area (Å²) in [6.07, 6.45) is 8.67. The lowest BCUT2D eigenvalue weighted by atomic mass is 9.93. The van der Waals surface area contributed by atoms with E-state index >= 15 is 0 Å². The summed E-state index contributed by atoms with van der Waals surface area (Å²) in [4.78, 5) is 26.0. The van der Waals surface area contributed by atoms with Gasteiger partial charge in [-0.1, -0.05) is 25.3 Å². The van der Waals surface area contributed by atoms with E-state index in [0.717, 1.165) is 37.7 Å². The van der Waals surface area contributed by atoms with Crippen molar-refractivity contribution in [2.45, 2.75) is 64.0 Å². The molecule has 0 bridgehead atoms. The van der Waals surface area contributed by atoms with Gasteiger partial charge in [0, 0.05) is 24.7 Å². The lowest BCUT2D eigenvalue weighted by Gasteiger charge is -2.34. The molecule has 1 heterocycles. The molecular formula is C21H30N2O4. The molecule has 0 atom stereocenters. The Morgan fingerprint density at radius 3 is 2.63 bits per heavy atom. The molecule has 1 fully saturated rings. The van der Waals surface area contributed by atoms with Crippen LogP contribution in [0.5, 0.6) is 5.75 Å². The molecule has 6 nitrogen and oxygen atoms in total. The van der Waals surface area contributed by atoms with Crippen LogP contribution in [0.1, 0.15) is 67.3 Å². The predicted molar refractivity (Wildman–Crippen MR) is 103 cm³/mol. The van der Waals surface area contributed by atoms with Crippen LogP contribution in [0.4, 0.5) is 0 Å². The summed E-state index contributed by atoms with van der Waals surface area (Å²) < 4.78 is 5.96. The van der Waals surface area contributed by atoms with Crippen molar-refractivity contribution in [3.05, 3.63) is 29.3 Å². The van der Waals surface area contributed by atoms with Crippen LogP contribution in [0, 0.1) is 0 Å². The Morgan fingerprint density at radius 2 is 1.85 bits per heavy atom. The highest BCUT2D eigenvalue weighted by molar-refractivity contribution is 5.88. The van der Waals surface area contributed by atoms with E-state index in [1.807, 2.05) is 6.07 Å². The standard InChI is InChI=1S/C21H30N2O4/c24-20-15-23(18-7-3-1-4-8-18)14-17-10-9-16(21(25)26)13-19(17)27-12-6-2-5-11-22-20/h9-10,13,18H,1-8,11-12,14-15H2,(H,22,24)(H,25,26). The van der Waals surface area contributed by atoms with E-state index < -0.39 is 5.97 Å². The fourth-order valence-corrected chi connectivity index (χ4v) is 3.99. The highest BCUT2D eigenvalue weighted by Gasteiger charge is 2.24. The van der Waals surface area contributed by atoms with E-state index in [1.54, 1.807) is 12.1 Å². The minimum absolute atomic E-state index is 0.0736. The molecule has 1 aromatic rings. The molecule has 3 rings (SSSR count). The minimum Gasteiger partial charge on any atom is -0.493 e. The second-order valence-electron chi connectivity index (χ2n) is 7.58. The first-order chi connectivity index (χ1) is 13.1. The van der Waals surface area contributed by atoms with Crippen molar-refractivity contribution in [3.8, 4) is 5.75 Å². The average molecular weight is 374 g/mol. The number of carboxylic acids is 1. The Labute approximate surface area is 160 Å². The minimum atomic E-state index is -0.951. The summed E-state index contributed by atoms with van der Waals surface area (Å²) in [5.74, 6) is -0.243. The maximum absolute atomic E-state index is 12.4. The van der Waals surface area contributed by atoms with Gasteiger partial charge < -0.3 is 15.2 Å². The molecule has 0 aromatic heterocycles. The molecule has 1 saturated carbocycles. The molecule has 1 aromatic carbocycles. The summed E-state index contributed by atoms with van der Waals surface area (Å²) in [5.41, 5.74) is 1.19. The molecule has 1 aliphatic carbocycles. The third kappa shape index (κ3) is 5.70. The van der Waals surface area contributed by atoms with E-state index in [1.165, 1.54) is 19.3 Å². The highest BCUT2D eigenvalue weighted by Crippen LogP contribution is 2.28. The molecule has 148 valence electrons. The Kier molecular flexibility index (Phi) is 7.10. The summed E-state index contributed by atoms with van der Waals surface area (Å²) in [6.45, 7) is 2.25. The lowest BCUT2D eigenvalue weighted by Crippen LogP contribution is -2.43. The number of carboxylic acid groups (broad SMARTS) is 1. The van der Waals surface area contributed by atoms with E-state index in [4.69, 9.17) is 4.74 Å². The van der Waals surface area contributed by atoms with Crippen LogP contribution in [-0.4, -0.2) is 47.6 Å². The van der Waals surface area contributed by atoms with Crippen LogP contribution in [0.25, 0.3) is 0 Å². The number of nitrogens with one attached hydrogen (secondary N) is 1. The second-order valence-corrected chi connectivity index (χ2v) is 7.58. The monoisotopic (exact) mass is 374 g/mol. The topological polar surface area (TPSA) is 78.9 Å². The molecule has 0 saturated heterocycles. The Morgan fingerprint density at radius 1 is 1.07 bits per heavy atom. The smallest absolute Gasteiger partial charge is 0.335 e. The van der Waals surface area contributed by atoms with Gasteiger partial charge in [0.2, 0.25) is 5.91 Å². The SMILES string of the molecule is O=C1CN(C2CCCCC2)Cc2ccc(C(=O)O)cc2OCCCCCN1. The zero-order valence-electron chi connectivity index (χ0n) is 15.9. The van der Waals surface area contributed by atoms with Gasteiger partial charge in [-0.05, 0) is 44.2 Å². The van der Waals surface area contributed by atoms with Gasteiger partial charge in [0.25, 0.3) is 0 Å². The second kappa shape index (κ2) is 9.74. The van der Waals surface area contributed by atoms with Gasteiger partial charge in [-0.15, -0.1) is 0 Å². The van der Waals surface area contributed by atoms with Crippen LogP contribution in [0.2, 0.25) is 0 Å². The average Bonchev–Trinajstić information content (AvgIpc) is 2.69. The van der Waals surface area contributed by atoms with Gasteiger partial charge in [0.05, 0.1) is 18.7 Å². The maximum Gasteiger partial charge on any atom is 0.335 e. The third-order valence-electron chi connectivity index (χ3n) is 5.53. The Balaban J connectivity index is 1.86. The molecule has 0 spiro atoms. The Bertz CT molecular complexity index is 656. The molecule has 0 unspecified atom stereocenters. The summed E-state index contributed by atoms with van der Waals surface area (Å²) in [6, 6.07) is 5.48. The van der Waals surface area contributed by atoms with Gasteiger partial charge in [-0.3, -0.25) is 9.69 Å².